The lowest BCUT2D eigenvalue weighted by Crippen LogP contribution is -2.13. The van der Waals surface area contributed by atoms with Gasteiger partial charge in [0.15, 0.2) is 17.5 Å². The zero-order chi connectivity index (χ0) is 20.9. The molecule has 1 heterocycles. The fourth-order valence-electron chi connectivity index (χ4n) is 4.49. The molecule has 4 rings (SSSR count). The van der Waals surface area contributed by atoms with Crippen molar-refractivity contribution in [1.29, 1.82) is 0 Å². The molecule has 0 radical (unpaired) electrons. The molecule has 156 valence electrons. The van der Waals surface area contributed by atoms with Crippen molar-refractivity contribution < 1.29 is 8.78 Å². The highest BCUT2D eigenvalue weighted by Gasteiger charge is 2.22. The maximum absolute atomic E-state index is 13.4. The lowest BCUT2D eigenvalue weighted by molar-refractivity contribution is 0.304. The molecule has 0 spiro atoms. The third kappa shape index (κ3) is 4.75. The van der Waals surface area contributed by atoms with Crippen LogP contribution in [0.2, 0.25) is 0 Å². The van der Waals surface area contributed by atoms with Gasteiger partial charge in [0.1, 0.15) is 0 Å². The molecule has 1 saturated carbocycles. The van der Waals surface area contributed by atoms with E-state index < -0.39 is 11.6 Å². The Hall–Kier alpha value is -2.62. The van der Waals surface area contributed by atoms with E-state index in [2.05, 4.69) is 41.2 Å². The summed E-state index contributed by atoms with van der Waals surface area (Å²) < 4.78 is 26.6. The van der Waals surface area contributed by atoms with Crippen LogP contribution in [0.15, 0.2) is 54.9 Å². The Morgan fingerprint density at radius 2 is 1.47 bits per heavy atom. The van der Waals surface area contributed by atoms with Crippen molar-refractivity contribution in [3.8, 4) is 22.5 Å². The highest BCUT2D eigenvalue weighted by atomic mass is 19.2. The third-order valence-corrected chi connectivity index (χ3v) is 6.36. The summed E-state index contributed by atoms with van der Waals surface area (Å²) in [6.45, 7) is 2.27. The summed E-state index contributed by atoms with van der Waals surface area (Å²) in [6, 6.07) is 12.4. The zero-order valence-corrected chi connectivity index (χ0v) is 17.5. The molecule has 0 aliphatic heterocycles. The molecular weight excluding hydrogens is 378 g/mol. The van der Waals surface area contributed by atoms with Gasteiger partial charge in [-0.3, -0.25) is 0 Å². The van der Waals surface area contributed by atoms with E-state index in [-0.39, 0.29) is 0 Å². The molecule has 3 aromatic rings. The number of nitrogens with zero attached hydrogens (tertiary/aromatic N) is 2. The highest BCUT2D eigenvalue weighted by molar-refractivity contribution is 5.64. The summed E-state index contributed by atoms with van der Waals surface area (Å²) in [5.74, 6) is 0.212. The maximum atomic E-state index is 13.4. The standard InChI is InChI=1S/C26H28F2N2/c1-2-3-4-18-5-7-19(8-6-18)20-9-11-21(12-10-20)23-16-29-26(30-17-23)22-13-14-24(27)25(28)15-22/h9-19H,2-8H2,1H3. The van der Waals surface area contributed by atoms with Crippen molar-refractivity contribution in [3.63, 3.8) is 0 Å². The van der Waals surface area contributed by atoms with Gasteiger partial charge in [0, 0.05) is 23.5 Å². The van der Waals surface area contributed by atoms with Crippen molar-refractivity contribution in [1.82, 2.24) is 9.97 Å². The van der Waals surface area contributed by atoms with Crippen molar-refractivity contribution in [2.24, 2.45) is 5.92 Å². The summed E-state index contributed by atoms with van der Waals surface area (Å²) >= 11 is 0. The van der Waals surface area contributed by atoms with Gasteiger partial charge in [0.2, 0.25) is 0 Å². The van der Waals surface area contributed by atoms with Gasteiger partial charge in [-0.05, 0) is 66.8 Å². The second kappa shape index (κ2) is 9.46. The number of hydrogen-bond donors (Lipinski definition) is 0. The molecule has 2 nitrogen and oxygen atoms in total. The lowest BCUT2D eigenvalue weighted by atomic mass is 9.77. The van der Waals surface area contributed by atoms with Gasteiger partial charge in [-0.2, -0.15) is 0 Å². The molecule has 1 aromatic heterocycles. The number of hydrogen-bond acceptors (Lipinski definition) is 2. The van der Waals surface area contributed by atoms with Gasteiger partial charge >= 0.3 is 0 Å². The molecule has 0 saturated heterocycles. The van der Waals surface area contributed by atoms with Crippen LogP contribution < -0.4 is 0 Å². The molecule has 0 N–H and O–H groups in total. The number of halogens is 2. The number of benzene rings is 2. The minimum atomic E-state index is -0.893. The third-order valence-electron chi connectivity index (χ3n) is 6.36. The fourth-order valence-corrected chi connectivity index (χ4v) is 4.49. The normalized spacial score (nSPS) is 19.0. The van der Waals surface area contributed by atoms with Crippen molar-refractivity contribution in [2.75, 3.05) is 0 Å². The average molecular weight is 407 g/mol. The van der Waals surface area contributed by atoms with Crippen LogP contribution in [0.4, 0.5) is 8.78 Å². The molecule has 30 heavy (non-hydrogen) atoms. The molecule has 1 aliphatic rings. The van der Waals surface area contributed by atoms with Crippen LogP contribution in [0, 0.1) is 17.6 Å². The first kappa shape index (κ1) is 20.6. The Bertz CT molecular complexity index is 959. The Morgan fingerprint density at radius 3 is 2.10 bits per heavy atom. The van der Waals surface area contributed by atoms with E-state index in [4.69, 9.17) is 0 Å². The number of rotatable bonds is 6. The van der Waals surface area contributed by atoms with E-state index in [0.717, 1.165) is 29.2 Å². The Morgan fingerprint density at radius 1 is 0.800 bits per heavy atom. The van der Waals surface area contributed by atoms with Crippen molar-refractivity contribution >= 4 is 0 Å². The molecule has 2 aromatic carbocycles. The summed E-state index contributed by atoms with van der Waals surface area (Å²) in [7, 11) is 0. The molecule has 1 fully saturated rings. The van der Waals surface area contributed by atoms with E-state index in [0.29, 0.717) is 17.3 Å². The van der Waals surface area contributed by atoms with Gasteiger partial charge in [-0.15, -0.1) is 0 Å². The number of aromatic nitrogens is 2. The van der Waals surface area contributed by atoms with E-state index in [9.17, 15) is 8.78 Å². The zero-order valence-electron chi connectivity index (χ0n) is 17.5. The van der Waals surface area contributed by atoms with Crippen LogP contribution in [0.3, 0.4) is 0 Å². The van der Waals surface area contributed by atoms with Crippen LogP contribution in [0.1, 0.15) is 63.4 Å². The average Bonchev–Trinajstić information content (AvgIpc) is 2.80. The van der Waals surface area contributed by atoms with E-state index in [1.54, 1.807) is 12.4 Å². The van der Waals surface area contributed by atoms with Gasteiger partial charge in [0.25, 0.3) is 0 Å². The second-order valence-electron chi connectivity index (χ2n) is 8.41. The smallest absolute Gasteiger partial charge is 0.159 e. The lowest BCUT2D eigenvalue weighted by Gasteiger charge is -2.29. The van der Waals surface area contributed by atoms with E-state index in [1.165, 1.54) is 56.6 Å². The summed E-state index contributed by atoms with van der Waals surface area (Å²) in [5, 5.41) is 0. The minimum absolute atomic E-state index is 0.383. The van der Waals surface area contributed by atoms with Gasteiger partial charge in [-0.25, -0.2) is 18.7 Å². The first-order valence-electron chi connectivity index (χ1n) is 11.0. The Balaban J connectivity index is 1.41. The second-order valence-corrected chi connectivity index (χ2v) is 8.41. The molecule has 0 amide bonds. The SMILES string of the molecule is CCCCC1CCC(c2ccc(-c3cnc(-c4ccc(F)c(F)c4)nc3)cc2)CC1. The van der Waals surface area contributed by atoms with Gasteiger partial charge in [0.05, 0.1) is 0 Å². The topological polar surface area (TPSA) is 25.8 Å². The number of unbranched alkanes of at least 4 members (excludes halogenated alkanes) is 1. The summed E-state index contributed by atoms with van der Waals surface area (Å²) in [5.41, 5.74) is 3.86. The summed E-state index contributed by atoms with van der Waals surface area (Å²) in [4.78, 5) is 8.68. The Kier molecular flexibility index (Phi) is 6.51. The van der Waals surface area contributed by atoms with Crippen LogP contribution >= 0.6 is 0 Å². The van der Waals surface area contributed by atoms with Crippen molar-refractivity contribution in [2.45, 2.75) is 57.8 Å². The van der Waals surface area contributed by atoms with Crippen LogP contribution in [0.25, 0.3) is 22.5 Å². The van der Waals surface area contributed by atoms with Crippen molar-refractivity contribution in [3.05, 3.63) is 72.1 Å². The van der Waals surface area contributed by atoms with Crippen LogP contribution in [-0.4, -0.2) is 9.97 Å². The quantitative estimate of drug-likeness (QED) is 0.422. The molecule has 1 aliphatic carbocycles. The Labute approximate surface area is 177 Å². The van der Waals surface area contributed by atoms with Crippen LogP contribution in [0.5, 0.6) is 0 Å². The molecule has 0 atom stereocenters. The molecule has 0 bridgehead atoms. The maximum Gasteiger partial charge on any atom is 0.159 e. The van der Waals surface area contributed by atoms with E-state index >= 15 is 0 Å². The first-order valence-corrected chi connectivity index (χ1v) is 11.0. The predicted molar refractivity (Wildman–Crippen MR) is 117 cm³/mol. The largest absolute Gasteiger partial charge is 0.236 e. The first-order chi connectivity index (χ1) is 14.6. The van der Waals surface area contributed by atoms with Gasteiger partial charge < -0.3 is 0 Å². The minimum Gasteiger partial charge on any atom is -0.236 e. The van der Waals surface area contributed by atoms with E-state index in [1.807, 2.05) is 0 Å². The predicted octanol–water partition coefficient (Wildman–Crippen LogP) is 7.55. The summed E-state index contributed by atoms with van der Waals surface area (Å²) in [6.07, 6.45) is 12.8. The highest BCUT2D eigenvalue weighted by Crippen LogP contribution is 2.38. The van der Waals surface area contributed by atoms with Gasteiger partial charge in [-0.1, -0.05) is 50.5 Å². The molecular formula is C26H28F2N2. The van der Waals surface area contributed by atoms with Crippen LogP contribution in [-0.2, 0) is 0 Å². The monoisotopic (exact) mass is 406 g/mol. The molecule has 4 heteroatoms. The molecule has 0 unspecified atom stereocenters. The fraction of sp³-hybridized carbons (Fsp3) is 0.385.